The van der Waals surface area contributed by atoms with Crippen molar-refractivity contribution < 1.29 is 14.7 Å². The Bertz CT molecular complexity index is 492. The third kappa shape index (κ3) is 4.44. The van der Waals surface area contributed by atoms with Crippen molar-refractivity contribution in [1.29, 1.82) is 0 Å². The molecule has 1 aromatic rings. The van der Waals surface area contributed by atoms with Gasteiger partial charge < -0.3 is 15.3 Å². The number of carbonyl (C=O) groups is 2. The molecule has 1 aliphatic rings. The highest BCUT2D eigenvalue weighted by molar-refractivity contribution is 5.75. The van der Waals surface area contributed by atoms with Crippen LogP contribution in [0.2, 0.25) is 0 Å². The summed E-state index contributed by atoms with van der Waals surface area (Å²) in [5.41, 5.74) is 0.826. The number of nitrogens with zero attached hydrogens (tertiary/aromatic N) is 2. The number of amides is 2. The fourth-order valence-electron chi connectivity index (χ4n) is 2.56. The number of rotatable bonds is 5. The predicted octanol–water partition coefficient (Wildman–Crippen LogP) is 2.04. The van der Waals surface area contributed by atoms with Crippen molar-refractivity contribution in [2.24, 2.45) is 5.92 Å². The van der Waals surface area contributed by atoms with Crippen molar-refractivity contribution in [3.63, 3.8) is 0 Å². The van der Waals surface area contributed by atoms with Crippen LogP contribution >= 0.6 is 0 Å². The molecule has 6 heteroatoms. The van der Waals surface area contributed by atoms with Crippen molar-refractivity contribution in [2.75, 3.05) is 13.1 Å². The molecule has 1 saturated heterocycles. The SMILES string of the molecule is CC(NC(=O)N1CCC(CCC(=O)O)C1)c1ccccn1. The lowest BCUT2D eigenvalue weighted by atomic mass is 10.0. The first-order chi connectivity index (χ1) is 10.1. The largest absolute Gasteiger partial charge is 0.481 e. The first-order valence-corrected chi connectivity index (χ1v) is 7.24. The summed E-state index contributed by atoms with van der Waals surface area (Å²) < 4.78 is 0. The molecule has 1 aromatic heterocycles. The highest BCUT2D eigenvalue weighted by Crippen LogP contribution is 2.21. The van der Waals surface area contributed by atoms with Crippen molar-refractivity contribution in [3.05, 3.63) is 30.1 Å². The van der Waals surface area contributed by atoms with E-state index in [4.69, 9.17) is 5.11 Å². The third-order valence-electron chi connectivity index (χ3n) is 3.81. The number of likely N-dealkylation sites (tertiary alicyclic amines) is 1. The molecule has 2 rings (SSSR count). The standard InChI is InChI=1S/C15H21N3O3/c1-11(13-4-2-3-8-16-13)17-15(21)18-9-7-12(10-18)5-6-14(19)20/h2-4,8,11-12H,5-7,9-10H2,1H3,(H,17,21)(H,19,20). The second-order valence-electron chi connectivity index (χ2n) is 5.46. The van der Waals surface area contributed by atoms with E-state index in [-0.39, 0.29) is 24.4 Å². The Morgan fingerprint density at radius 3 is 3.00 bits per heavy atom. The van der Waals surface area contributed by atoms with Crippen LogP contribution in [0.1, 0.15) is 37.9 Å². The average Bonchev–Trinajstić information content (AvgIpc) is 2.95. The zero-order valence-electron chi connectivity index (χ0n) is 12.2. The number of urea groups is 1. The maximum absolute atomic E-state index is 12.2. The minimum Gasteiger partial charge on any atom is -0.481 e. The topological polar surface area (TPSA) is 82.5 Å². The zero-order chi connectivity index (χ0) is 15.2. The minimum atomic E-state index is -0.776. The summed E-state index contributed by atoms with van der Waals surface area (Å²) in [6.07, 6.45) is 3.38. The Morgan fingerprint density at radius 1 is 1.52 bits per heavy atom. The van der Waals surface area contributed by atoms with E-state index < -0.39 is 5.97 Å². The first kappa shape index (κ1) is 15.3. The number of nitrogens with one attached hydrogen (secondary N) is 1. The van der Waals surface area contributed by atoms with E-state index in [0.717, 1.165) is 12.1 Å². The van der Waals surface area contributed by atoms with Gasteiger partial charge in [-0.3, -0.25) is 9.78 Å². The van der Waals surface area contributed by atoms with Gasteiger partial charge in [0.1, 0.15) is 0 Å². The number of carboxylic acid groups (broad SMARTS) is 1. The van der Waals surface area contributed by atoms with Gasteiger partial charge in [0.25, 0.3) is 0 Å². The number of aliphatic carboxylic acids is 1. The molecule has 0 spiro atoms. The van der Waals surface area contributed by atoms with Crippen molar-refractivity contribution in [3.8, 4) is 0 Å². The van der Waals surface area contributed by atoms with E-state index >= 15 is 0 Å². The van der Waals surface area contributed by atoms with Crippen molar-refractivity contribution in [2.45, 2.75) is 32.2 Å². The highest BCUT2D eigenvalue weighted by Gasteiger charge is 2.27. The summed E-state index contributed by atoms with van der Waals surface area (Å²) in [5.74, 6) is -0.487. The molecule has 2 atom stereocenters. The number of pyridine rings is 1. The predicted molar refractivity (Wildman–Crippen MR) is 77.7 cm³/mol. The van der Waals surface area contributed by atoms with Crippen molar-refractivity contribution >= 4 is 12.0 Å². The van der Waals surface area contributed by atoms with E-state index in [1.54, 1.807) is 11.1 Å². The molecule has 114 valence electrons. The van der Waals surface area contributed by atoms with Gasteiger partial charge in [-0.1, -0.05) is 6.07 Å². The van der Waals surface area contributed by atoms with Crippen molar-refractivity contribution in [1.82, 2.24) is 15.2 Å². The lowest BCUT2D eigenvalue weighted by molar-refractivity contribution is -0.137. The number of carboxylic acids is 1. The Hall–Kier alpha value is -2.11. The Balaban J connectivity index is 1.80. The van der Waals surface area contributed by atoms with Gasteiger partial charge in [0.15, 0.2) is 0 Å². The average molecular weight is 291 g/mol. The molecule has 2 heterocycles. The van der Waals surface area contributed by atoms with Crippen LogP contribution in [-0.4, -0.2) is 40.1 Å². The van der Waals surface area contributed by atoms with E-state index in [1.807, 2.05) is 25.1 Å². The summed E-state index contributed by atoms with van der Waals surface area (Å²) in [4.78, 5) is 28.7. The fourth-order valence-corrected chi connectivity index (χ4v) is 2.56. The van der Waals surface area contributed by atoms with Gasteiger partial charge in [0, 0.05) is 25.7 Å². The van der Waals surface area contributed by atoms with Crippen LogP contribution in [0.5, 0.6) is 0 Å². The summed E-state index contributed by atoms with van der Waals surface area (Å²) in [6.45, 7) is 3.22. The van der Waals surface area contributed by atoms with E-state index in [1.165, 1.54) is 0 Å². The van der Waals surface area contributed by atoms with Gasteiger partial charge in [-0.05, 0) is 37.8 Å². The summed E-state index contributed by atoms with van der Waals surface area (Å²) in [5, 5.41) is 11.6. The lowest BCUT2D eigenvalue weighted by Gasteiger charge is -2.20. The van der Waals surface area contributed by atoms with E-state index in [9.17, 15) is 9.59 Å². The van der Waals surface area contributed by atoms with Crippen LogP contribution < -0.4 is 5.32 Å². The minimum absolute atomic E-state index is 0.106. The van der Waals surface area contributed by atoms with E-state index in [2.05, 4.69) is 10.3 Å². The molecule has 0 aliphatic carbocycles. The summed E-state index contributed by atoms with van der Waals surface area (Å²) in [6, 6.07) is 5.36. The third-order valence-corrected chi connectivity index (χ3v) is 3.81. The molecule has 2 unspecified atom stereocenters. The van der Waals surface area contributed by atoms with Crippen LogP contribution in [-0.2, 0) is 4.79 Å². The molecule has 0 bridgehead atoms. The second-order valence-corrected chi connectivity index (χ2v) is 5.46. The number of carbonyl (C=O) groups excluding carboxylic acids is 1. The fraction of sp³-hybridized carbons (Fsp3) is 0.533. The Kier molecular flexibility index (Phi) is 5.14. The summed E-state index contributed by atoms with van der Waals surface area (Å²) >= 11 is 0. The number of hydrogen-bond donors (Lipinski definition) is 2. The Morgan fingerprint density at radius 2 is 2.33 bits per heavy atom. The first-order valence-electron chi connectivity index (χ1n) is 7.24. The van der Waals surface area contributed by atoms with Crippen LogP contribution in [0, 0.1) is 5.92 Å². The molecule has 2 N–H and O–H groups in total. The maximum atomic E-state index is 12.2. The molecule has 1 aliphatic heterocycles. The quantitative estimate of drug-likeness (QED) is 0.869. The van der Waals surface area contributed by atoms with Crippen LogP contribution in [0.15, 0.2) is 24.4 Å². The van der Waals surface area contributed by atoms with Gasteiger partial charge in [0.05, 0.1) is 11.7 Å². The van der Waals surface area contributed by atoms with Crippen LogP contribution in [0.3, 0.4) is 0 Å². The van der Waals surface area contributed by atoms with Gasteiger partial charge in [0.2, 0.25) is 0 Å². The molecular formula is C15H21N3O3. The lowest BCUT2D eigenvalue weighted by Crippen LogP contribution is -2.39. The van der Waals surface area contributed by atoms with Gasteiger partial charge >= 0.3 is 12.0 Å². The zero-order valence-corrected chi connectivity index (χ0v) is 12.2. The monoisotopic (exact) mass is 291 g/mol. The maximum Gasteiger partial charge on any atom is 0.317 e. The van der Waals surface area contributed by atoms with Gasteiger partial charge in [-0.25, -0.2) is 4.79 Å². The molecule has 0 radical (unpaired) electrons. The number of hydrogen-bond acceptors (Lipinski definition) is 3. The molecule has 1 fully saturated rings. The van der Waals surface area contributed by atoms with Crippen LogP contribution in [0.25, 0.3) is 0 Å². The molecule has 0 aromatic carbocycles. The molecule has 21 heavy (non-hydrogen) atoms. The molecule has 2 amide bonds. The second kappa shape index (κ2) is 7.06. The highest BCUT2D eigenvalue weighted by atomic mass is 16.4. The van der Waals surface area contributed by atoms with Crippen LogP contribution in [0.4, 0.5) is 4.79 Å². The van der Waals surface area contributed by atoms with E-state index in [0.29, 0.717) is 19.5 Å². The van der Waals surface area contributed by atoms with Gasteiger partial charge in [-0.2, -0.15) is 0 Å². The smallest absolute Gasteiger partial charge is 0.317 e. The molecule has 6 nitrogen and oxygen atoms in total. The Labute approximate surface area is 124 Å². The molecule has 0 saturated carbocycles. The normalized spacial score (nSPS) is 19.3. The summed E-state index contributed by atoms with van der Waals surface area (Å²) in [7, 11) is 0. The van der Waals surface area contributed by atoms with Gasteiger partial charge in [-0.15, -0.1) is 0 Å². The number of aromatic nitrogens is 1. The molecular weight excluding hydrogens is 270 g/mol.